The van der Waals surface area contributed by atoms with Crippen molar-refractivity contribution in [3.8, 4) is 0 Å². The average molecular weight is 406 g/mol. The standard InChI is InChI=1S/C20H27N5O2.ClH/c1-27-20(15-5-2-4-14(10-15)19(21)26)16-6-3-7-17(20)13-25(12-16)9-8-18-11-22-24-23-18;/h2,4-5,10-11,16-17H,3,6-9,12-13H2,1H3,(H2,21,26)(H,22,23,24);1H/t16-,17+,20+;. The molecule has 28 heavy (non-hydrogen) atoms. The number of carbonyl (C=O) groups excluding carboxylic acids is 1. The van der Waals surface area contributed by atoms with Crippen molar-refractivity contribution in [3.63, 3.8) is 0 Å². The molecule has 3 atom stereocenters. The van der Waals surface area contributed by atoms with Crippen LogP contribution < -0.4 is 5.73 Å². The van der Waals surface area contributed by atoms with Crippen LogP contribution in [0.15, 0.2) is 30.5 Å². The van der Waals surface area contributed by atoms with E-state index >= 15 is 0 Å². The predicted octanol–water partition coefficient (Wildman–Crippen LogP) is 2.14. The van der Waals surface area contributed by atoms with Gasteiger partial charge in [-0.25, -0.2) is 0 Å². The minimum Gasteiger partial charge on any atom is -0.373 e. The largest absolute Gasteiger partial charge is 0.373 e. The number of hydrogen-bond donors (Lipinski definition) is 2. The summed E-state index contributed by atoms with van der Waals surface area (Å²) in [4.78, 5) is 14.2. The Bertz CT molecular complexity index is 784. The van der Waals surface area contributed by atoms with E-state index in [0.29, 0.717) is 17.4 Å². The van der Waals surface area contributed by atoms with Gasteiger partial charge in [0, 0.05) is 56.8 Å². The molecular weight excluding hydrogens is 378 g/mol. The number of H-pyrrole nitrogens is 1. The van der Waals surface area contributed by atoms with Crippen LogP contribution >= 0.6 is 12.4 Å². The average Bonchev–Trinajstić information content (AvgIpc) is 3.19. The summed E-state index contributed by atoms with van der Waals surface area (Å²) in [5, 5.41) is 10.7. The maximum Gasteiger partial charge on any atom is 0.248 e. The first-order chi connectivity index (χ1) is 13.1. The number of hydrogen-bond acceptors (Lipinski definition) is 5. The zero-order chi connectivity index (χ0) is 18.9. The monoisotopic (exact) mass is 405 g/mol. The van der Waals surface area contributed by atoms with E-state index in [2.05, 4.69) is 26.4 Å². The molecule has 1 amide bonds. The van der Waals surface area contributed by atoms with Gasteiger partial charge in [-0.1, -0.05) is 23.8 Å². The van der Waals surface area contributed by atoms with Crippen LogP contribution in [-0.4, -0.2) is 53.0 Å². The second kappa shape index (κ2) is 8.59. The number of piperidine rings is 1. The Balaban J connectivity index is 0.00000225. The van der Waals surface area contributed by atoms with Gasteiger partial charge >= 0.3 is 0 Å². The first-order valence-corrected chi connectivity index (χ1v) is 9.66. The van der Waals surface area contributed by atoms with Gasteiger partial charge < -0.3 is 15.4 Å². The molecule has 2 heterocycles. The number of aromatic nitrogens is 3. The van der Waals surface area contributed by atoms with E-state index in [1.165, 1.54) is 6.42 Å². The highest BCUT2D eigenvalue weighted by atomic mass is 35.5. The van der Waals surface area contributed by atoms with Gasteiger partial charge in [-0.3, -0.25) is 9.89 Å². The normalized spacial score (nSPS) is 27.2. The van der Waals surface area contributed by atoms with Gasteiger partial charge in [0.1, 0.15) is 5.60 Å². The predicted molar refractivity (Wildman–Crippen MR) is 108 cm³/mol. The minimum atomic E-state index is -0.390. The summed E-state index contributed by atoms with van der Waals surface area (Å²) in [7, 11) is 1.81. The highest BCUT2D eigenvalue weighted by Crippen LogP contribution is 2.51. The number of fused-ring (bicyclic) bond motifs is 2. The van der Waals surface area contributed by atoms with E-state index in [4.69, 9.17) is 10.5 Å². The van der Waals surface area contributed by atoms with Crippen molar-refractivity contribution in [1.82, 2.24) is 20.3 Å². The lowest BCUT2D eigenvalue weighted by Gasteiger charge is -2.55. The number of nitrogens with two attached hydrogens (primary N) is 1. The summed E-state index contributed by atoms with van der Waals surface area (Å²) < 4.78 is 6.26. The fourth-order valence-corrected chi connectivity index (χ4v) is 5.17. The molecule has 2 aromatic rings. The van der Waals surface area contributed by atoms with Crippen LogP contribution in [-0.2, 0) is 16.8 Å². The number of likely N-dealkylation sites (tertiary alicyclic amines) is 1. The van der Waals surface area contributed by atoms with Gasteiger partial charge in [0.05, 0.1) is 5.69 Å². The second-order valence-corrected chi connectivity index (χ2v) is 7.74. The Hall–Kier alpha value is -1.96. The van der Waals surface area contributed by atoms with Crippen molar-refractivity contribution in [3.05, 3.63) is 47.3 Å². The number of methoxy groups -OCH3 is 1. The van der Waals surface area contributed by atoms with E-state index in [-0.39, 0.29) is 18.0 Å². The first kappa shape index (κ1) is 20.8. The van der Waals surface area contributed by atoms with E-state index in [9.17, 15) is 4.79 Å². The Morgan fingerprint density at radius 3 is 2.71 bits per heavy atom. The number of amides is 1. The molecule has 1 aliphatic carbocycles. The molecule has 0 spiro atoms. The van der Waals surface area contributed by atoms with Crippen LogP contribution in [0.25, 0.3) is 0 Å². The number of primary amides is 1. The lowest BCUT2D eigenvalue weighted by atomic mass is 9.62. The van der Waals surface area contributed by atoms with Gasteiger partial charge in [-0.2, -0.15) is 0 Å². The molecule has 4 rings (SSSR count). The molecule has 2 bridgehead atoms. The van der Waals surface area contributed by atoms with Crippen molar-refractivity contribution >= 4 is 18.3 Å². The Labute approximate surface area is 171 Å². The summed E-state index contributed by atoms with van der Waals surface area (Å²) in [6.45, 7) is 2.95. The summed E-state index contributed by atoms with van der Waals surface area (Å²) in [6.07, 6.45) is 6.25. The number of benzene rings is 1. The third-order valence-corrected chi connectivity index (χ3v) is 6.36. The van der Waals surface area contributed by atoms with Crippen molar-refractivity contribution in [1.29, 1.82) is 0 Å². The van der Waals surface area contributed by atoms with Crippen LogP contribution in [0.5, 0.6) is 0 Å². The van der Waals surface area contributed by atoms with Crippen LogP contribution in [0.3, 0.4) is 0 Å². The van der Waals surface area contributed by atoms with E-state index < -0.39 is 5.91 Å². The van der Waals surface area contributed by atoms with Crippen molar-refractivity contribution in [2.24, 2.45) is 17.6 Å². The number of rotatable bonds is 6. The number of aromatic amines is 1. The molecule has 1 aromatic heterocycles. The minimum absolute atomic E-state index is 0. The van der Waals surface area contributed by atoms with E-state index in [1.807, 2.05) is 25.4 Å². The van der Waals surface area contributed by atoms with Crippen LogP contribution in [0.2, 0.25) is 0 Å². The highest BCUT2D eigenvalue weighted by molar-refractivity contribution is 5.92. The number of ether oxygens (including phenoxy) is 1. The molecule has 1 saturated carbocycles. The van der Waals surface area contributed by atoms with Crippen LogP contribution in [0.1, 0.15) is 40.9 Å². The molecule has 0 unspecified atom stereocenters. The molecular formula is C20H28ClN5O2. The van der Waals surface area contributed by atoms with Gasteiger partial charge in [-0.15, -0.1) is 17.5 Å². The third kappa shape index (κ3) is 3.66. The molecule has 152 valence electrons. The number of nitrogens with one attached hydrogen (secondary N) is 1. The SMILES string of the molecule is CO[C@@]1(c2cccc(C(N)=O)c2)[C@@H]2CCC[C@H]1CN(CCc1c[nH]nn1)C2.Cl. The smallest absolute Gasteiger partial charge is 0.248 e. The second-order valence-electron chi connectivity index (χ2n) is 7.74. The lowest BCUT2D eigenvalue weighted by Crippen LogP contribution is -2.59. The molecule has 8 heteroatoms. The zero-order valence-electron chi connectivity index (χ0n) is 16.1. The number of nitrogens with zero attached hydrogens (tertiary/aromatic N) is 3. The van der Waals surface area contributed by atoms with Crippen molar-refractivity contribution in [2.45, 2.75) is 31.3 Å². The highest BCUT2D eigenvalue weighted by Gasteiger charge is 2.53. The van der Waals surface area contributed by atoms with E-state index in [0.717, 1.165) is 50.2 Å². The van der Waals surface area contributed by atoms with Crippen molar-refractivity contribution in [2.75, 3.05) is 26.7 Å². The van der Waals surface area contributed by atoms with Gasteiger partial charge in [0.25, 0.3) is 0 Å². The summed E-state index contributed by atoms with van der Waals surface area (Å²) in [5.41, 5.74) is 7.82. The molecule has 3 N–H and O–H groups in total. The maximum atomic E-state index is 11.7. The summed E-state index contributed by atoms with van der Waals surface area (Å²) in [5.74, 6) is 0.407. The summed E-state index contributed by atoms with van der Waals surface area (Å²) >= 11 is 0. The molecule has 7 nitrogen and oxygen atoms in total. The fourth-order valence-electron chi connectivity index (χ4n) is 5.17. The Kier molecular flexibility index (Phi) is 6.37. The summed E-state index contributed by atoms with van der Waals surface area (Å²) in [6, 6.07) is 7.72. The first-order valence-electron chi connectivity index (χ1n) is 9.66. The molecule has 1 aliphatic heterocycles. The van der Waals surface area contributed by atoms with Gasteiger partial charge in [0.2, 0.25) is 5.91 Å². The molecule has 1 saturated heterocycles. The van der Waals surface area contributed by atoms with Crippen molar-refractivity contribution < 1.29 is 9.53 Å². The van der Waals surface area contributed by atoms with E-state index in [1.54, 1.807) is 6.07 Å². The van der Waals surface area contributed by atoms with Gasteiger partial charge in [0.15, 0.2) is 0 Å². The third-order valence-electron chi connectivity index (χ3n) is 6.36. The molecule has 2 aliphatic rings. The quantitative estimate of drug-likeness (QED) is 0.767. The Morgan fingerprint density at radius 2 is 2.11 bits per heavy atom. The van der Waals surface area contributed by atoms with Crippen LogP contribution in [0.4, 0.5) is 0 Å². The number of carbonyl (C=O) groups is 1. The topological polar surface area (TPSA) is 97.1 Å². The lowest BCUT2D eigenvalue weighted by molar-refractivity contribution is -0.168. The number of halogens is 1. The van der Waals surface area contributed by atoms with Crippen LogP contribution in [0, 0.1) is 11.8 Å². The maximum absolute atomic E-state index is 11.7. The zero-order valence-corrected chi connectivity index (χ0v) is 17.0. The molecule has 0 radical (unpaired) electrons. The fraction of sp³-hybridized carbons (Fsp3) is 0.550. The molecule has 1 aromatic carbocycles. The molecule has 2 fully saturated rings. The Morgan fingerprint density at radius 1 is 1.36 bits per heavy atom. The van der Waals surface area contributed by atoms with Gasteiger partial charge in [-0.05, 0) is 30.5 Å².